The number of methoxy groups -OCH3 is 2. The Hall–Kier alpha value is -3.41. The van der Waals surface area contributed by atoms with Crippen LogP contribution in [-0.2, 0) is 11.2 Å². The highest BCUT2D eigenvalue weighted by Crippen LogP contribution is 2.31. The van der Waals surface area contributed by atoms with Gasteiger partial charge in [-0.25, -0.2) is 4.79 Å². The zero-order valence-electron chi connectivity index (χ0n) is 18.2. The van der Waals surface area contributed by atoms with Gasteiger partial charge in [0.25, 0.3) is 0 Å². The van der Waals surface area contributed by atoms with E-state index in [4.69, 9.17) is 13.9 Å². The van der Waals surface area contributed by atoms with Crippen molar-refractivity contribution in [2.45, 2.75) is 33.1 Å². The third-order valence-corrected chi connectivity index (χ3v) is 5.53. The fraction of sp³-hybridized carbons (Fsp3) is 0.320. The van der Waals surface area contributed by atoms with Gasteiger partial charge in [0, 0.05) is 30.0 Å². The molecule has 0 aliphatic heterocycles. The Kier molecular flexibility index (Phi) is 6.90. The van der Waals surface area contributed by atoms with Crippen LogP contribution in [0.5, 0.6) is 11.5 Å². The monoisotopic (exact) mass is 422 g/mol. The van der Waals surface area contributed by atoms with Crippen LogP contribution >= 0.6 is 0 Å². The van der Waals surface area contributed by atoms with E-state index in [1.807, 2.05) is 26.0 Å². The molecule has 3 rings (SSSR count). The molecule has 6 nitrogen and oxygen atoms in total. The second-order valence-electron chi connectivity index (χ2n) is 7.49. The summed E-state index contributed by atoms with van der Waals surface area (Å²) in [6.45, 7) is 3.93. The molecule has 1 aromatic heterocycles. The van der Waals surface area contributed by atoms with Gasteiger partial charge in [0.15, 0.2) is 5.78 Å². The average Bonchev–Trinajstić information content (AvgIpc) is 2.80. The van der Waals surface area contributed by atoms with Crippen molar-refractivity contribution in [2.75, 3.05) is 14.2 Å². The zero-order valence-corrected chi connectivity index (χ0v) is 18.2. The quantitative estimate of drug-likeness (QED) is 0.371. The second kappa shape index (κ2) is 9.60. The van der Waals surface area contributed by atoms with Crippen LogP contribution in [0.1, 0.15) is 48.2 Å². The number of hydrogen-bond donors (Lipinski definition) is 0. The predicted molar refractivity (Wildman–Crippen MR) is 118 cm³/mol. The van der Waals surface area contributed by atoms with E-state index in [0.717, 1.165) is 12.0 Å². The molecule has 0 spiro atoms. The number of carbonyl (C=O) groups is 2. The molecule has 162 valence electrons. The van der Waals surface area contributed by atoms with Crippen LogP contribution in [0.4, 0.5) is 0 Å². The van der Waals surface area contributed by atoms with Crippen molar-refractivity contribution in [1.29, 1.82) is 0 Å². The first-order valence-corrected chi connectivity index (χ1v) is 10.2. The standard InChI is InChI=1S/C25H26O6/c1-5-15(2)21(26)11-8-16-6-9-17(10-7-16)24(27)20-14-19-22(30-4)12-18(29-3)13-23(19)31-25(20)28/h6-7,9-10,12-15H,5,8,11H2,1-4H3. The minimum Gasteiger partial charge on any atom is -0.496 e. The minimum absolute atomic E-state index is 0.0601. The summed E-state index contributed by atoms with van der Waals surface area (Å²) in [6.07, 6.45) is 1.92. The van der Waals surface area contributed by atoms with E-state index in [9.17, 15) is 14.4 Å². The molecule has 1 atom stereocenters. The Morgan fingerprint density at radius 1 is 1.03 bits per heavy atom. The van der Waals surface area contributed by atoms with Crippen molar-refractivity contribution in [2.24, 2.45) is 5.92 Å². The summed E-state index contributed by atoms with van der Waals surface area (Å²) in [4.78, 5) is 37.5. The first-order valence-electron chi connectivity index (χ1n) is 10.2. The summed E-state index contributed by atoms with van der Waals surface area (Å²) >= 11 is 0. The van der Waals surface area contributed by atoms with Crippen LogP contribution in [0, 0.1) is 5.92 Å². The molecule has 0 aliphatic rings. The van der Waals surface area contributed by atoms with Crippen molar-refractivity contribution in [1.82, 2.24) is 0 Å². The lowest BCUT2D eigenvalue weighted by Crippen LogP contribution is -2.15. The Morgan fingerprint density at radius 2 is 1.74 bits per heavy atom. The number of rotatable bonds is 9. The topological polar surface area (TPSA) is 82.8 Å². The molecule has 0 saturated carbocycles. The zero-order chi connectivity index (χ0) is 22.5. The fourth-order valence-electron chi connectivity index (χ4n) is 3.33. The molecule has 0 aliphatic carbocycles. The smallest absolute Gasteiger partial charge is 0.347 e. The molecule has 31 heavy (non-hydrogen) atoms. The van der Waals surface area contributed by atoms with Gasteiger partial charge in [0.05, 0.1) is 19.6 Å². The van der Waals surface area contributed by atoms with Gasteiger partial charge < -0.3 is 13.9 Å². The van der Waals surface area contributed by atoms with Crippen LogP contribution in [0.15, 0.2) is 51.7 Å². The summed E-state index contributed by atoms with van der Waals surface area (Å²) in [5.74, 6) is 0.783. The molecule has 2 aromatic carbocycles. The fourth-order valence-corrected chi connectivity index (χ4v) is 3.33. The number of fused-ring (bicyclic) bond motifs is 1. The van der Waals surface area contributed by atoms with E-state index in [0.29, 0.717) is 35.3 Å². The van der Waals surface area contributed by atoms with Crippen LogP contribution in [0.25, 0.3) is 11.0 Å². The maximum atomic E-state index is 13.0. The van der Waals surface area contributed by atoms with Crippen molar-refractivity contribution in [3.63, 3.8) is 0 Å². The SMILES string of the molecule is CCC(C)C(=O)CCc1ccc(C(=O)c2cc3c(OC)cc(OC)cc3oc2=O)cc1. The summed E-state index contributed by atoms with van der Waals surface area (Å²) in [7, 11) is 2.99. The van der Waals surface area contributed by atoms with Gasteiger partial charge in [-0.05, 0) is 24.5 Å². The van der Waals surface area contributed by atoms with Crippen LogP contribution in [0.2, 0.25) is 0 Å². The molecule has 1 unspecified atom stereocenters. The maximum Gasteiger partial charge on any atom is 0.347 e. The predicted octanol–water partition coefficient (Wildman–Crippen LogP) is 4.59. The Morgan fingerprint density at radius 3 is 2.35 bits per heavy atom. The van der Waals surface area contributed by atoms with Gasteiger partial charge in [-0.1, -0.05) is 38.1 Å². The lowest BCUT2D eigenvalue weighted by Gasteiger charge is -2.09. The van der Waals surface area contributed by atoms with E-state index in [1.165, 1.54) is 20.3 Å². The minimum atomic E-state index is -0.726. The number of benzene rings is 2. The van der Waals surface area contributed by atoms with E-state index in [-0.39, 0.29) is 22.8 Å². The molecule has 0 N–H and O–H groups in total. The third kappa shape index (κ3) is 4.85. The Balaban J connectivity index is 1.86. The van der Waals surface area contributed by atoms with E-state index in [2.05, 4.69) is 0 Å². The molecule has 0 fully saturated rings. The number of carbonyl (C=O) groups excluding carboxylic acids is 2. The molecular formula is C25H26O6. The van der Waals surface area contributed by atoms with Gasteiger partial charge in [0.2, 0.25) is 0 Å². The second-order valence-corrected chi connectivity index (χ2v) is 7.49. The Labute approximate surface area is 180 Å². The third-order valence-electron chi connectivity index (χ3n) is 5.53. The van der Waals surface area contributed by atoms with Crippen LogP contribution < -0.4 is 15.1 Å². The molecule has 0 radical (unpaired) electrons. The average molecular weight is 422 g/mol. The number of hydrogen-bond acceptors (Lipinski definition) is 6. The number of ether oxygens (including phenoxy) is 2. The number of ketones is 2. The number of Topliss-reactive ketones (excluding diaryl/α,β-unsaturated/α-hetero) is 1. The largest absolute Gasteiger partial charge is 0.496 e. The molecule has 3 aromatic rings. The van der Waals surface area contributed by atoms with Crippen LogP contribution in [0.3, 0.4) is 0 Å². The maximum absolute atomic E-state index is 13.0. The highest BCUT2D eigenvalue weighted by molar-refractivity contribution is 6.10. The normalized spacial score (nSPS) is 11.9. The summed E-state index contributed by atoms with van der Waals surface area (Å²) < 4.78 is 15.9. The highest BCUT2D eigenvalue weighted by atomic mass is 16.5. The lowest BCUT2D eigenvalue weighted by molar-refractivity contribution is -0.122. The van der Waals surface area contributed by atoms with Crippen molar-refractivity contribution in [3.05, 3.63) is 69.6 Å². The van der Waals surface area contributed by atoms with E-state index < -0.39 is 11.4 Å². The van der Waals surface area contributed by atoms with Gasteiger partial charge in [-0.15, -0.1) is 0 Å². The lowest BCUT2D eigenvalue weighted by atomic mass is 9.96. The van der Waals surface area contributed by atoms with Gasteiger partial charge in [-0.2, -0.15) is 0 Å². The van der Waals surface area contributed by atoms with Crippen molar-refractivity contribution >= 4 is 22.5 Å². The van der Waals surface area contributed by atoms with Gasteiger partial charge >= 0.3 is 5.63 Å². The van der Waals surface area contributed by atoms with Gasteiger partial charge in [0.1, 0.15) is 28.4 Å². The molecule has 0 bridgehead atoms. The first-order chi connectivity index (χ1) is 14.9. The molecule has 1 heterocycles. The van der Waals surface area contributed by atoms with Gasteiger partial charge in [-0.3, -0.25) is 9.59 Å². The van der Waals surface area contributed by atoms with E-state index in [1.54, 1.807) is 24.3 Å². The molecule has 0 saturated heterocycles. The van der Waals surface area contributed by atoms with Crippen molar-refractivity contribution in [3.8, 4) is 11.5 Å². The van der Waals surface area contributed by atoms with Crippen LogP contribution in [-0.4, -0.2) is 25.8 Å². The molecular weight excluding hydrogens is 396 g/mol. The molecule has 6 heteroatoms. The summed E-state index contributed by atoms with van der Waals surface area (Å²) in [6, 6.07) is 11.7. The molecule has 0 amide bonds. The summed E-state index contributed by atoms with van der Waals surface area (Å²) in [5, 5.41) is 0.506. The Bertz CT molecular complexity index is 1160. The van der Waals surface area contributed by atoms with Crippen molar-refractivity contribution < 1.29 is 23.5 Å². The summed E-state index contributed by atoms with van der Waals surface area (Å²) in [5.41, 5.74) is 0.814. The number of aryl methyl sites for hydroxylation is 1. The van der Waals surface area contributed by atoms with E-state index >= 15 is 0 Å². The highest BCUT2D eigenvalue weighted by Gasteiger charge is 2.18. The first kappa shape index (κ1) is 22.3.